The van der Waals surface area contributed by atoms with Crippen molar-refractivity contribution in [3.05, 3.63) is 16.3 Å². The van der Waals surface area contributed by atoms with E-state index in [-0.39, 0.29) is 0 Å². The molecular weight excluding hydrogens is 304 g/mol. The average molecular weight is 331 g/mol. The fourth-order valence-corrected chi connectivity index (χ4v) is 5.30. The van der Waals surface area contributed by atoms with Crippen LogP contribution in [-0.4, -0.2) is 21.5 Å². The molecular formula is C15H26N2O2S2. The van der Waals surface area contributed by atoms with Crippen molar-refractivity contribution < 1.29 is 8.42 Å². The molecule has 0 aromatic carbocycles. The predicted octanol–water partition coefficient (Wildman–Crippen LogP) is 3.11. The Balaban J connectivity index is 1.93. The normalized spacial score (nSPS) is 17.2. The highest BCUT2D eigenvalue weighted by Gasteiger charge is 2.21. The molecule has 2 rings (SSSR count). The molecule has 1 aliphatic carbocycles. The second-order valence-corrected chi connectivity index (χ2v) is 8.48. The van der Waals surface area contributed by atoms with Gasteiger partial charge in [0.2, 0.25) is 10.0 Å². The maximum atomic E-state index is 12.5. The van der Waals surface area contributed by atoms with Crippen molar-refractivity contribution in [3.63, 3.8) is 0 Å². The van der Waals surface area contributed by atoms with Gasteiger partial charge < -0.3 is 5.32 Å². The summed E-state index contributed by atoms with van der Waals surface area (Å²) < 4.78 is 27.7. The lowest BCUT2D eigenvalue weighted by atomic mass is 9.90. The molecule has 0 aliphatic heterocycles. The van der Waals surface area contributed by atoms with Crippen molar-refractivity contribution in [1.29, 1.82) is 0 Å². The first-order valence-electron chi connectivity index (χ1n) is 7.90. The van der Waals surface area contributed by atoms with Crippen LogP contribution in [0.25, 0.3) is 0 Å². The summed E-state index contributed by atoms with van der Waals surface area (Å²) in [5, 5.41) is 5.13. The van der Waals surface area contributed by atoms with Gasteiger partial charge in [-0.05, 0) is 43.2 Å². The van der Waals surface area contributed by atoms with Crippen LogP contribution >= 0.6 is 11.3 Å². The van der Waals surface area contributed by atoms with Crippen molar-refractivity contribution in [3.8, 4) is 0 Å². The molecule has 4 nitrogen and oxygen atoms in total. The Bertz CT molecular complexity index is 520. The van der Waals surface area contributed by atoms with E-state index in [1.807, 2.05) is 5.38 Å². The summed E-state index contributed by atoms with van der Waals surface area (Å²) in [6.07, 6.45) is 7.11. The highest BCUT2D eigenvalue weighted by atomic mass is 32.2. The topological polar surface area (TPSA) is 58.2 Å². The number of hydrogen-bond acceptors (Lipinski definition) is 4. The third-order valence-electron chi connectivity index (χ3n) is 3.99. The van der Waals surface area contributed by atoms with Gasteiger partial charge in [0.1, 0.15) is 0 Å². The smallest absolute Gasteiger partial charge is 0.241 e. The molecule has 0 bridgehead atoms. The van der Waals surface area contributed by atoms with E-state index >= 15 is 0 Å². The van der Waals surface area contributed by atoms with Crippen LogP contribution < -0.4 is 10.0 Å². The monoisotopic (exact) mass is 330 g/mol. The lowest BCUT2D eigenvalue weighted by Crippen LogP contribution is -2.31. The Kier molecular flexibility index (Phi) is 6.67. The van der Waals surface area contributed by atoms with Crippen LogP contribution in [0.1, 0.15) is 50.3 Å². The van der Waals surface area contributed by atoms with Gasteiger partial charge in [-0.25, -0.2) is 13.1 Å². The first kappa shape index (κ1) is 16.9. The number of nitrogens with one attached hydrogen (secondary N) is 2. The summed E-state index contributed by atoms with van der Waals surface area (Å²) in [6.45, 7) is 4.23. The molecule has 6 heteroatoms. The number of sulfonamides is 1. The fourth-order valence-electron chi connectivity index (χ4n) is 2.77. The van der Waals surface area contributed by atoms with Crippen molar-refractivity contribution in [2.45, 2.75) is 56.9 Å². The summed E-state index contributed by atoms with van der Waals surface area (Å²) >= 11 is 1.51. The minimum absolute atomic E-state index is 0.451. The van der Waals surface area contributed by atoms with Crippen molar-refractivity contribution in [2.75, 3.05) is 13.1 Å². The summed E-state index contributed by atoms with van der Waals surface area (Å²) in [5.74, 6) is 0.508. The first-order chi connectivity index (χ1) is 10.1. The van der Waals surface area contributed by atoms with Crippen LogP contribution in [0.2, 0.25) is 0 Å². The number of thiophene rings is 1. The molecule has 1 aromatic heterocycles. The van der Waals surface area contributed by atoms with Crippen LogP contribution in [0.4, 0.5) is 0 Å². The molecule has 0 spiro atoms. The summed E-state index contributed by atoms with van der Waals surface area (Å²) in [6, 6.07) is 1.72. The van der Waals surface area contributed by atoms with E-state index in [1.165, 1.54) is 30.6 Å². The second kappa shape index (κ2) is 8.27. The molecule has 1 aliphatic rings. The van der Waals surface area contributed by atoms with Gasteiger partial charge in [-0.3, -0.25) is 0 Å². The Morgan fingerprint density at radius 3 is 2.76 bits per heavy atom. The molecule has 1 fully saturated rings. The molecule has 0 amide bonds. The van der Waals surface area contributed by atoms with E-state index in [0.717, 1.165) is 30.7 Å². The summed E-state index contributed by atoms with van der Waals surface area (Å²) in [4.78, 5) is 1.35. The molecule has 21 heavy (non-hydrogen) atoms. The van der Waals surface area contributed by atoms with Gasteiger partial charge in [-0.2, -0.15) is 0 Å². The quantitative estimate of drug-likeness (QED) is 0.720. The predicted molar refractivity (Wildman–Crippen MR) is 88.1 cm³/mol. The SMILES string of the molecule is CCCNCc1sccc1S(=O)(=O)NCC1CCCCC1. The molecule has 2 N–H and O–H groups in total. The standard InChI is InChI=1S/C15H26N2O2S2/c1-2-9-16-12-14-15(8-10-20-14)21(18,19)17-11-13-6-4-3-5-7-13/h8,10,13,16-17H,2-7,9,11-12H2,1H3. The Hall–Kier alpha value is -0.430. The van der Waals surface area contributed by atoms with Crippen LogP contribution in [-0.2, 0) is 16.6 Å². The van der Waals surface area contributed by atoms with E-state index in [9.17, 15) is 8.42 Å². The second-order valence-electron chi connectivity index (χ2n) is 5.74. The highest BCUT2D eigenvalue weighted by Crippen LogP contribution is 2.25. The van der Waals surface area contributed by atoms with E-state index in [1.54, 1.807) is 6.07 Å². The maximum absolute atomic E-state index is 12.5. The lowest BCUT2D eigenvalue weighted by Gasteiger charge is -2.21. The van der Waals surface area contributed by atoms with Crippen LogP contribution in [0.15, 0.2) is 16.3 Å². The molecule has 1 heterocycles. The molecule has 0 radical (unpaired) electrons. The maximum Gasteiger partial charge on any atom is 0.241 e. The van der Waals surface area contributed by atoms with Gasteiger partial charge in [0, 0.05) is 18.0 Å². The highest BCUT2D eigenvalue weighted by molar-refractivity contribution is 7.89. The summed E-state index contributed by atoms with van der Waals surface area (Å²) in [5.41, 5.74) is 0. The molecule has 1 aromatic rings. The zero-order chi connectivity index (χ0) is 15.1. The fraction of sp³-hybridized carbons (Fsp3) is 0.733. The Labute approximate surface area is 132 Å². The van der Waals surface area contributed by atoms with Crippen LogP contribution in [0, 0.1) is 5.92 Å². The lowest BCUT2D eigenvalue weighted by molar-refractivity contribution is 0.357. The Morgan fingerprint density at radius 2 is 2.05 bits per heavy atom. The van der Waals surface area contributed by atoms with E-state index in [0.29, 0.717) is 23.9 Å². The van der Waals surface area contributed by atoms with Crippen LogP contribution in [0.5, 0.6) is 0 Å². The Morgan fingerprint density at radius 1 is 1.29 bits per heavy atom. The van der Waals surface area contributed by atoms with Gasteiger partial charge in [0.15, 0.2) is 0 Å². The van der Waals surface area contributed by atoms with Gasteiger partial charge >= 0.3 is 0 Å². The van der Waals surface area contributed by atoms with E-state index < -0.39 is 10.0 Å². The molecule has 120 valence electrons. The van der Waals surface area contributed by atoms with E-state index in [4.69, 9.17) is 0 Å². The third-order valence-corrected chi connectivity index (χ3v) is 6.55. The number of hydrogen-bond donors (Lipinski definition) is 2. The zero-order valence-electron chi connectivity index (χ0n) is 12.7. The zero-order valence-corrected chi connectivity index (χ0v) is 14.4. The van der Waals surface area contributed by atoms with Crippen molar-refractivity contribution in [1.82, 2.24) is 10.0 Å². The van der Waals surface area contributed by atoms with Crippen LogP contribution in [0.3, 0.4) is 0 Å². The van der Waals surface area contributed by atoms with Gasteiger partial charge in [-0.1, -0.05) is 26.2 Å². The largest absolute Gasteiger partial charge is 0.312 e. The van der Waals surface area contributed by atoms with Gasteiger partial charge in [0.25, 0.3) is 0 Å². The molecule has 0 saturated heterocycles. The average Bonchev–Trinajstić information content (AvgIpc) is 2.96. The third kappa shape index (κ3) is 5.06. The van der Waals surface area contributed by atoms with E-state index in [2.05, 4.69) is 17.0 Å². The van der Waals surface area contributed by atoms with Gasteiger partial charge in [-0.15, -0.1) is 11.3 Å². The summed E-state index contributed by atoms with van der Waals surface area (Å²) in [7, 11) is -3.36. The molecule has 0 atom stereocenters. The van der Waals surface area contributed by atoms with Crippen molar-refractivity contribution in [2.24, 2.45) is 5.92 Å². The minimum atomic E-state index is -3.36. The molecule has 0 unspecified atom stereocenters. The number of rotatable bonds is 8. The van der Waals surface area contributed by atoms with Crippen molar-refractivity contribution >= 4 is 21.4 Å². The first-order valence-corrected chi connectivity index (χ1v) is 10.3. The minimum Gasteiger partial charge on any atom is -0.312 e. The van der Waals surface area contributed by atoms with Gasteiger partial charge in [0.05, 0.1) is 4.90 Å². The molecule has 1 saturated carbocycles.